The second-order valence-electron chi connectivity index (χ2n) is 7.53. The van der Waals surface area contributed by atoms with Crippen molar-refractivity contribution in [3.05, 3.63) is 46.3 Å². The molecule has 0 bridgehead atoms. The molecule has 8 heteroatoms. The molecular weight excluding hydrogens is 495 g/mol. The Bertz CT molecular complexity index is 787. The van der Waals surface area contributed by atoms with Gasteiger partial charge in [0.05, 0.1) is 0 Å². The summed E-state index contributed by atoms with van der Waals surface area (Å²) in [4.78, 5) is 17.9. The molecule has 4 rings (SSSR count). The topological polar surface area (TPSA) is 47.0 Å². The van der Waals surface area contributed by atoms with Crippen molar-refractivity contribution in [3.8, 4) is 0 Å². The Morgan fingerprint density at radius 3 is 2.76 bits per heavy atom. The fourth-order valence-electron chi connectivity index (χ4n) is 4.04. The lowest BCUT2D eigenvalue weighted by molar-refractivity contribution is 0.191. The Morgan fingerprint density at radius 2 is 2.03 bits per heavy atom. The zero-order valence-corrected chi connectivity index (χ0v) is 20.4. The molecule has 2 aromatic rings. The van der Waals surface area contributed by atoms with Crippen LogP contribution in [0.3, 0.4) is 0 Å². The minimum Gasteiger partial charge on any atom is -0.355 e. The predicted molar refractivity (Wildman–Crippen MR) is 133 cm³/mol. The van der Waals surface area contributed by atoms with Gasteiger partial charge < -0.3 is 15.1 Å². The van der Waals surface area contributed by atoms with Gasteiger partial charge in [-0.05, 0) is 42.5 Å². The van der Waals surface area contributed by atoms with Gasteiger partial charge in [0, 0.05) is 70.0 Å². The molecule has 1 fully saturated rings. The highest BCUT2D eigenvalue weighted by Crippen LogP contribution is 2.25. The van der Waals surface area contributed by atoms with Crippen molar-refractivity contribution in [3.63, 3.8) is 0 Å². The second-order valence-corrected chi connectivity index (χ2v) is 8.53. The summed E-state index contributed by atoms with van der Waals surface area (Å²) in [6.07, 6.45) is 3.05. The van der Waals surface area contributed by atoms with E-state index in [1.54, 1.807) is 4.88 Å². The highest BCUT2D eigenvalue weighted by Gasteiger charge is 2.23. The zero-order valence-electron chi connectivity index (χ0n) is 17.3. The molecule has 2 aliphatic rings. The maximum absolute atomic E-state index is 4.53. The van der Waals surface area contributed by atoms with Gasteiger partial charge in [0.1, 0.15) is 5.82 Å². The molecule has 2 aliphatic heterocycles. The van der Waals surface area contributed by atoms with E-state index in [0.717, 1.165) is 57.6 Å². The van der Waals surface area contributed by atoms with Crippen molar-refractivity contribution < 1.29 is 0 Å². The smallest absolute Gasteiger partial charge is 0.193 e. The molecule has 29 heavy (non-hydrogen) atoms. The van der Waals surface area contributed by atoms with Gasteiger partial charge in [-0.2, -0.15) is 0 Å². The number of fused-ring (bicyclic) bond motifs is 1. The summed E-state index contributed by atoms with van der Waals surface area (Å²) in [5.41, 5.74) is 1.51. The van der Waals surface area contributed by atoms with Crippen molar-refractivity contribution in [1.29, 1.82) is 0 Å². The first-order chi connectivity index (χ1) is 13.7. The van der Waals surface area contributed by atoms with E-state index in [1.807, 2.05) is 30.6 Å². The molecule has 0 amide bonds. The van der Waals surface area contributed by atoms with Crippen LogP contribution in [0.15, 0.2) is 40.8 Å². The van der Waals surface area contributed by atoms with Gasteiger partial charge in [0.25, 0.3) is 0 Å². The van der Waals surface area contributed by atoms with E-state index in [2.05, 4.69) is 60.5 Å². The molecule has 4 heterocycles. The third kappa shape index (κ3) is 5.40. The van der Waals surface area contributed by atoms with E-state index in [-0.39, 0.29) is 24.0 Å². The number of hydrogen-bond acceptors (Lipinski definition) is 5. The van der Waals surface area contributed by atoms with Gasteiger partial charge in [-0.25, -0.2) is 4.98 Å². The van der Waals surface area contributed by atoms with Gasteiger partial charge >= 0.3 is 0 Å². The number of anilines is 1. The Labute approximate surface area is 195 Å². The summed E-state index contributed by atoms with van der Waals surface area (Å²) in [6, 6.07) is 8.87. The Kier molecular flexibility index (Phi) is 8.14. The van der Waals surface area contributed by atoms with Crippen LogP contribution in [0.4, 0.5) is 5.82 Å². The highest BCUT2D eigenvalue weighted by molar-refractivity contribution is 14.0. The molecule has 1 unspecified atom stereocenters. The fourth-order valence-corrected chi connectivity index (χ4v) is 4.92. The monoisotopic (exact) mass is 526 g/mol. The summed E-state index contributed by atoms with van der Waals surface area (Å²) < 4.78 is 0. The van der Waals surface area contributed by atoms with E-state index < -0.39 is 0 Å². The summed E-state index contributed by atoms with van der Waals surface area (Å²) >= 11 is 1.90. The van der Waals surface area contributed by atoms with Crippen LogP contribution in [0.25, 0.3) is 0 Å². The molecule has 1 N–H and O–H groups in total. The number of guanidine groups is 1. The Balaban J connectivity index is 0.00000240. The van der Waals surface area contributed by atoms with Gasteiger partial charge in [-0.1, -0.05) is 6.07 Å². The first-order valence-electron chi connectivity index (χ1n) is 10.2. The third-order valence-electron chi connectivity index (χ3n) is 5.78. The minimum absolute atomic E-state index is 0. The average molecular weight is 526 g/mol. The first-order valence-corrected chi connectivity index (χ1v) is 11.0. The van der Waals surface area contributed by atoms with Crippen LogP contribution in [-0.4, -0.2) is 73.1 Å². The summed E-state index contributed by atoms with van der Waals surface area (Å²) in [5.74, 6) is 2.08. The van der Waals surface area contributed by atoms with Crippen LogP contribution in [0.2, 0.25) is 0 Å². The molecular formula is C21H31IN6S. The lowest BCUT2D eigenvalue weighted by Gasteiger charge is -2.38. The summed E-state index contributed by atoms with van der Waals surface area (Å²) in [5, 5.41) is 5.84. The molecule has 0 radical (unpaired) electrons. The lowest BCUT2D eigenvalue weighted by Crippen LogP contribution is -2.54. The molecule has 0 saturated carbocycles. The predicted octanol–water partition coefficient (Wildman–Crippen LogP) is 2.91. The Hall–Kier alpha value is -1.39. The van der Waals surface area contributed by atoms with Crippen LogP contribution in [-0.2, 0) is 13.0 Å². The van der Waals surface area contributed by atoms with Gasteiger partial charge in [-0.3, -0.25) is 9.89 Å². The van der Waals surface area contributed by atoms with E-state index in [4.69, 9.17) is 0 Å². The summed E-state index contributed by atoms with van der Waals surface area (Å²) in [7, 11) is 1.89. The Morgan fingerprint density at radius 1 is 1.21 bits per heavy atom. The number of nitrogens with one attached hydrogen (secondary N) is 1. The summed E-state index contributed by atoms with van der Waals surface area (Å²) in [6.45, 7) is 9.34. The minimum atomic E-state index is 0. The number of piperazine rings is 1. The number of thiophene rings is 1. The van der Waals surface area contributed by atoms with Crippen molar-refractivity contribution in [2.45, 2.75) is 25.9 Å². The maximum Gasteiger partial charge on any atom is 0.193 e. The third-order valence-corrected chi connectivity index (χ3v) is 6.80. The van der Waals surface area contributed by atoms with Gasteiger partial charge in [-0.15, -0.1) is 35.3 Å². The number of pyridine rings is 1. The number of halogens is 1. The largest absolute Gasteiger partial charge is 0.355 e. The zero-order chi connectivity index (χ0) is 19.3. The quantitative estimate of drug-likeness (QED) is 0.377. The first kappa shape index (κ1) is 22.3. The SMILES string of the molecule is CN=C(NCC(C)N1CCc2sccc2C1)N1CCN(c2ccccn2)CC1.I. The highest BCUT2D eigenvalue weighted by atomic mass is 127. The molecule has 1 atom stereocenters. The second kappa shape index (κ2) is 10.6. The fraction of sp³-hybridized carbons (Fsp3) is 0.524. The maximum atomic E-state index is 4.53. The molecule has 1 saturated heterocycles. The number of hydrogen-bond donors (Lipinski definition) is 1. The van der Waals surface area contributed by atoms with Crippen molar-refractivity contribution in [2.24, 2.45) is 4.99 Å². The van der Waals surface area contributed by atoms with E-state index >= 15 is 0 Å². The van der Waals surface area contributed by atoms with Crippen LogP contribution in [0.5, 0.6) is 0 Å². The number of aromatic nitrogens is 1. The van der Waals surface area contributed by atoms with Crippen LogP contribution < -0.4 is 10.2 Å². The van der Waals surface area contributed by atoms with E-state index in [1.165, 1.54) is 12.0 Å². The van der Waals surface area contributed by atoms with Crippen molar-refractivity contribution >= 4 is 47.1 Å². The molecule has 0 aliphatic carbocycles. The van der Waals surface area contributed by atoms with E-state index in [0.29, 0.717) is 6.04 Å². The van der Waals surface area contributed by atoms with Gasteiger partial charge in [0.15, 0.2) is 5.96 Å². The van der Waals surface area contributed by atoms with Crippen molar-refractivity contribution in [1.82, 2.24) is 20.1 Å². The normalized spacial score (nSPS) is 18.8. The van der Waals surface area contributed by atoms with E-state index in [9.17, 15) is 0 Å². The number of rotatable bonds is 4. The molecule has 6 nitrogen and oxygen atoms in total. The van der Waals surface area contributed by atoms with Crippen LogP contribution in [0.1, 0.15) is 17.4 Å². The average Bonchev–Trinajstić information content (AvgIpc) is 3.23. The van der Waals surface area contributed by atoms with Crippen LogP contribution >= 0.6 is 35.3 Å². The molecule has 158 valence electrons. The molecule has 0 spiro atoms. The van der Waals surface area contributed by atoms with Crippen molar-refractivity contribution in [2.75, 3.05) is 51.2 Å². The van der Waals surface area contributed by atoms with Gasteiger partial charge in [0.2, 0.25) is 0 Å². The molecule has 2 aromatic heterocycles. The lowest BCUT2D eigenvalue weighted by atomic mass is 10.1. The number of aliphatic imine (C=N–C) groups is 1. The molecule has 0 aromatic carbocycles. The van der Waals surface area contributed by atoms with Crippen LogP contribution in [0, 0.1) is 0 Å². The standard InChI is InChI=1S/C21H30N6S.HI/c1-17(27-9-6-19-18(16-27)7-14-28-19)15-24-21(22-2)26-12-10-25(11-13-26)20-5-3-4-8-23-20;/h3-5,7-8,14,17H,6,9-13,15-16H2,1-2H3,(H,22,24);1H. The number of nitrogens with zero attached hydrogens (tertiary/aromatic N) is 5.